The molecule has 0 amide bonds. The first kappa shape index (κ1) is 13.4. The molecule has 0 radical (unpaired) electrons. The highest BCUT2D eigenvalue weighted by molar-refractivity contribution is 8.00. The normalized spacial score (nSPS) is 31.0. The smallest absolute Gasteiger partial charge is 0.0458 e. The van der Waals surface area contributed by atoms with Crippen LogP contribution in [0.5, 0.6) is 0 Å². The number of likely N-dealkylation sites (N-methyl/N-ethyl adjacent to an activating group) is 1. The molecule has 1 aliphatic heterocycles. The number of thioether (sulfide) groups is 1. The van der Waals surface area contributed by atoms with Crippen LogP contribution >= 0.6 is 23.1 Å². The molecule has 0 aliphatic carbocycles. The summed E-state index contributed by atoms with van der Waals surface area (Å²) in [5.41, 5.74) is 6.27. The second-order valence-electron chi connectivity index (χ2n) is 4.87. The monoisotopic (exact) mass is 270 g/mol. The largest absolute Gasteiger partial charge is 0.329 e. The zero-order chi connectivity index (χ0) is 12.5. The van der Waals surface area contributed by atoms with Crippen molar-refractivity contribution in [1.29, 1.82) is 0 Å². The molecule has 1 aromatic heterocycles. The minimum Gasteiger partial charge on any atom is -0.329 e. The molecule has 17 heavy (non-hydrogen) atoms. The number of hydrogen-bond donors (Lipinski definition) is 1. The topological polar surface area (TPSA) is 29.3 Å². The van der Waals surface area contributed by atoms with Crippen LogP contribution in [-0.2, 0) is 0 Å². The number of hydrogen-bond acceptors (Lipinski definition) is 4. The van der Waals surface area contributed by atoms with E-state index in [1.54, 1.807) is 0 Å². The number of nitrogens with two attached hydrogens (primary N) is 1. The second-order valence-corrected chi connectivity index (χ2v) is 7.30. The second kappa shape index (κ2) is 5.31. The van der Waals surface area contributed by atoms with Gasteiger partial charge >= 0.3 is 0 Å². The highest BCUT2D eigenvalue weighted by Crippen LogP contribution is 2.42. The number of rotatable bonds is 4. The maximum Gasteiger partial charge on any atom is 0.0458 e. The molecular formula is C13H22N2S2. The molecule has 2 nitrogen and oxygen atoms in total. The molecule has 1 saturated heterocycles. The van der Waals surface area contributed by atoms with Gasteiger partial charge in [-0.2, -0.15) is 11.8 Å². The summed E-state index contributed by atoms with van der Waals surface area (Å²) in [6.07, 6.45) is 1.21. The van der Waals surface area contributed by atoms with Crippen molar-refractivity contribution in [2.24, 2.45) is 5.73 Å². The van der Waals surface area contributed by atoms with Crippen molar-refractivity contribution in [1.82, 2.24) is 4.90 Å². The predicted molar refractivity (Wildman–Crippen MR) is 78.8 cm³/mol. The molecule has 3 unspecified atom stereocenters. The third-order valence-electron chi connectivity index (χ3n) is 4.25. The average molecular weight is 270 g/mol. The number of nitrogens with zero attached hydrogens (tertiary/aromatic N) is 1. The van der Waals surface area contributed by atoms with Crippen LogP contribution in [0, 0.1) is 0 Å². The Hall–Kier alpha value is -0.0300. The Morgan fingerprint density at radius 1 is 1.65 bits per heavy atom. The summed E-state index contributed by atoms with van der Waals surface area (Å²) in [5, 5.41) is 2.78. The molecule has 4 heteroatoms. The van der Waals surface area contributed by atoms with Gasteiger partial charge in [-0.05, 0) is 37.6 Å². The Morgan fingerprint density at radius 3 is 2.88 bits per heavy atom. The van der Waals surface area contributed by atoms with E-state index in [0.29, 0.717) is 11.3 Å². The van der Waals surface area contributed by atoms with Crippen LogP contribution in [0.1, 0.15) is 31.2 Å². The van der Waals surface area contributed by atoms with Gasteiger partial charge in [-0.1, -0.05) is 13.0 Å². The molecule has 0 bridgehead atoms. The van der Waals surface area contributed by atoms with Gasteiger partial charge < -0.3 is 5.73 Å². The number of thiophene rings is 1. The van der Waals surface area contributed by atoms with Gasteiger partial charge in [0, 0.05) is 28.3 Å². The molecule has 1 fully saturated rings. The molecule has 2 rings (SSSR count). The van der Waals surface area contributed by atoms with E-state index in [1.165, 1.54) is 17.1 Å². The molecule has 3 atom stereocenters. The molecule has 1 aromatic rings. The van der Waals surface area contributed by atoms with Crippen LogP contribution in [-0.4, -0.2) is 35.0 Å². The Morgan fingerprint density at radius 2 is 2.41 bits per heavy atom. The summed E-state index contributed by atoms with van der Waals surface area (Å²) in [6, 6.07) is 4.81. The lowest BCUT2D eigenvalue weighted by Crippen LogP contribution is -2.56. The SMILES string of the molecule is CC(c1cccs1)N(C)C1(CN)CCSC1C. The van der Waals surface area contributed by atoms with Crippen LogP contribution in [0.15, 0.2) is 17.5 Å². The van der Waals surface area contributed by atoms with Gasteiger partial charge in [0.2, 0.25) is 0 Å². The first-order chi connectivity index (χ1) is 8.12. The van der Waals surface area contributed by atoms with Crippen LogP contribution in [0.3, 0.4) is 0 Å². The quantitative estimate of drug-likeness (QED) is 0.912. The molecule has 0 aromatic carbocycles. The van der Waals surface area contributed by atoms with Gasteiger partial charge in [0.05, 0.1) is 0 Å². The van der Waals surface area contributed by atoms with E-state index in [4.69, 9.17) is 5.73 Å². The highest BCUT2D eigenvalue weighted by Gasteiger charge is 2.44. The minimum absolute atomic E-state index is 0.175. The molecular weight excluding hydrogens is 248 g/mol. The van der Waals surface area contributed by atoms with Crippen molar-refractivity contribution in [3.05, 3.63) is 22.4 Å². The van der Waals surface area contributed by atoms with Crippen molar-refractivity contribution in [3.8, 4) is 0 Å². The van der Waals surface area contributed by atoms with Gasteiger partial charge in [0.25, 0.3) is 0 Å². The summed E-state index contributed by atoms with van der Waals surface area (Å²) in [7, 11) is 2.24. The molecule has 0 saturated carbocycles. The van der Waals surface area contributed by atoms with E-state index >= 15 is 0 Å². The van der Waals surface area contributed by atoms with Gasteiger partial charge in [-0.25, -0.2) is 0 Å². The fraction of sp³-hybridized carbons (Fsp3) is 0.692. The lowest BCUT2D eigenvalue weighted by atomic mass is 9.89. The van der Waals surface area contributed by atoms with Crippen LogP contribution in [0.2, 0.25) is 0 Å². The zero-order valence-corrected chi connectivity index (χ0v) is 12.5. The summed E-state index contributed by atoms with van der Waals surface area (Å²) in [6.45, 7) is 5.37. The summed E-state index contributed by atoms with van der Waals surface area (Å²) >= 11 is 3.89. The molecule has 2 heterocycles. The van der Waals surface area contributed by atoms with E-state index in [2.05, 4.69) is 55.1 Å². The minimum atomic E-state index is 0.175. The lowest BCUT2D eigenvalue weighted by Gasteiger charge is -2.44. The van der Waals surface area contributed by atoms with Crippen molar-refractivity contribution in [2.45, 2.75) is 37.1 Å². The highest BCUT2D eigenvalue weighted by atomic mass is 32.2. The van der Waals surface area contributed by atoms with E-state index in [1.807, 2.05) is 11.3 Å². The Bertz CT molecular complexity index is 352. The summed E-state index contributed by atoms with van der Waals surface area (Å²) in [5.74, 6) is 1.24. The first-order valence-corrected chi connectivity index (χ1v) is 8.12. The van der Waals surface area contributed by atoms with E-state index < -0.39 is 0 Å². The molecule has 0 spiro atoms. The maximum atomic E-state index is 6.10. The van der Waals surface area contributed by atoms with Gasteiger partial charge in [-0.3, -0.25) is 4.90 Å². The van der Waals surface area contributed by atoms with Gasteiger partial charge in [0.15, 0.2) is 0 Å². The fourth-order valence-electron chi connectivity index (χ4n) is 2.75. The van der Waals surface area contributed by atoms with E-state index in [9.17, 15) is 0 Å². The van der Waals surface area contributed by atoms with Crippen LogP contribution < -0.4 is 5.73 Å². The zero-order valence-electron chi connectivity index (χ0n) is 10.8. The lowest BCUT2D eigenvalue weighted by molar-refractivity contribution is 0.0894. The summed E-state index contributed by atoms with van der Waals surface area (Å²) < 4.78 is 0. The van der Waals surface area contributed by atoms with E-state index in [0.717, 1.165) is 6.54 Å². The predicted octanol–water partition coefficient (Wildman–Crippen LogP) is 2.96. The molecule has 2 N–H and O–H groups in total. The van der Waals surface area contributed by atoms with Crippen molar-refractivity contribution >= 4 is 23.1 Å². The van der Waals surface area contributed by atoms with Crippen molar-refractivity contribution in [2.75, 3.05) is 19.3 Å². The van der Waals surface area contributed by atoms with Crippen molar-refractivity contribution in [3.63, 3.8) is 0 Å². The van der Waals surface area contributed by atoms with Gasteiger partial charge in [0.1, 0.15) is 0 Å². The molecule has 96 valence electrons. The summed E-state index contributed by atoms with van der Waals surface area (Å²) in [4.78, 5) is 3.94. The fourth-order valence-corrected chi connectivity index (χ4v) is 5.09. The van der Waals surface area contributed by atoms with Crippen LogP contribution in [0.25, 0.3) is 0 Å². The van der Waals surface area contributed by atoms with Gasteiger partial charge in [-0.15, -0.1) is 11.3 Å². The Kier molecular flexibility index (Phi) is 4.18. The third-order valence-corrected chi connectivity index (χ3v) is 6.67. The standard InChI is InChI=1S/C13H22N2S2/c1-10(12-5-4-7-17-12)15(3)13(9-14)6-8-16-11(13)2/h4-5,7,10-11H,6,8-9,14H2,1-3H3. The Balaban J connectivity index is 2.20. The van der Waals surface area contributed by atoms with Crippen molar-refractivity contribution < 1.29 is 0 Å². The third kappa shape index (κ3) is 2.28. The Labute approximate surface area is 113 Å². The molecule has 1 aliphatic rings. The van der Waals surface area contributed by atoms with E-state index in [-0.39, 0.29) is 5.54 Å². The maximum absolute atomic E-state index is 6.10. The average Bonchev–Trinajstić information content (AvgIpc) is 2.96. The first-order valence-electron chi connectivity index (χ1n) is 6.20. The van der Waals surface area contributed by atoms with Crippen LogP contribution in [0.4, 0.5) is 0 Å².